The molecule has 37 heteroatoms. The van der Waals surface area contributed by atoms with Crippen LogP contribution in [0.25, 0.3) is 41.8 Å². The first-order chi connectivity index (χ1) is 63.8. The number of hydrogen-bond acceptors (Lipinski definition) is 28. The monoisotopic (exact) mass is 1940 g/mol. The number of aliphatic hydroxyl groups excluding tert-OH is 3. The van der Waals surface area contributed by atoms with Crippen molar-refractivity contribution in [3.05, 3.63) is 114 Å². The number of carbonyl (C=O) groups is 8. The van der Waals surface area contributed by atoms with E-state index >= 15 is 0 Å². The minimum Gasteiger partial charge on any atom is -0.393 e. The molecule has 32 nitrogen and oxygen atoms in total. The molecule has 8 amide bonds. The second kappa shape index (κ2) is 42.3. The van der Waals surface area contributed by atoms with E-state index in [9.17, 15) is 63.2 Å². The molecule has 0 spiro atoms. The van der Waals surface area contributed by atoms with Gasteiger partial charge in [-0.2, -0.15) is 0 Å². The van der Waals surface area contributed by atoms with Gasteiger partial charge in [0.25, 0.3) is 47.3 Å². The maximum absolute atomic E-state index is 13.8. The van der Waals surface area contributed by atoms with Gasteiger partial charge < -0.3 is 81.7 Å². The molecule has 0 bridgehead atoms. The van der Waals surface area contributed by atoms with E-state index in [-0.39, 0.29) is 157 Å². The molecule has 136 heavy (non-hydrogen) atoms. The van der Waals surface area contributed by atoms with Crippen LogP contribution >= 0.6 is 45.3 Å². The summed E-state index contributed by atoms with van der Waals surface area (Å²) in [4.78, 5) is 156. The highest BCUT2D eigenvalue weighted by Gasteiger charge is 2.43. The van der Waals surface area contributed by atoms with Gasteiger partial charge in [-0.25, -0.2) is 44.3 Å². The van der Waals surface area contributed by atoms with Crippen molar-refractivity contribution in [2.75, 3.05) is 73.6 Å². The molecule has 2 aliphatic carbocycles. The summed E-state index contributed by atoms with van der Waals surface area (Å²) in [5, 5.41) is 60.0. The maximum atomic E-state index is 13.8. The molecule has 6 aliphatic heterocycles. The number of thiazole rings is 4. The number of anilines is 4. The molecule has 0 unspecified atom stereocenters. The number of rotatable bonds is 18. The summed E-state index contributed by atoms with van der Waals surface area (Å²) in [7, 11) is 0. The molecule has 8 aromatic heterocycles. The summed E-state index contributed by atoms with van der Waals surface area (Å²) in [5.41, 5.74) is 6.65. The number of nitrogens with zero attached hydrogens (tertiary/aromatic N) is 14. The SMILES string of the molecule is Cc1cc(NC(C)(C)C)ncc1-c1sc(C(=O)N2CC[C@@](C)(O)C2)nc1C(=O)N1CCC[C@@H]1C.Cc1cc(NC(C)(C)C)ncc1-c1sc(C(=O)N2C[C@@H](O)[C@H](F)C2)nc1C(=O)N1CCC[C@@H]1C.Cc1cc(NC(C)(C)C)ncc1-c1sc(C(=O)N[C@H]2CC[C@@H](O)C2)nc1C(=O)N1CCC[C@@H]1C.Cc1cc(NC(C)(C)C)ncc1-c1sc(C(=O)N[C@H]2CC[C@H](O)C2)nc1C(=O)N1CCC[C@@H]1C. The van der Waals surface area contributed by atoms with Crippen LogP contribution in [-0.4, -0.2) is 278 Å². The number of nitrogens with one attached hydrogen (secondary N) is 6. The summed E-state index contributed by atoms with van der Waals surface area (Å²) in [6.07, 6.45) is 15.7. The number of alkyl halides is 1. The van der Waals surface area contributed by atoms with Gasteiger partial charge in [0.15, 0.2) is 20.0 Å². The largest absolute Gasteiger partial charge is 0.393 e. The number of aryl methyl sites for hydroxylation is 4. The smallest absolute Gasteiger partial charge is 0.283 e. The Kier molecular flexibility index (Phi) is 32.1. The Labute approximate surface area is 813 Å². The van der Waals surface area contributed by atoms with Crippen LogP contribution < -0.4 is 31.9 Å². The van der Waals surface area contributed by atoms with Gasteiger partial charge in [0.05, 0.1) is 50.4 Å². The average Bonchev–Trinajstić information content (AvgIpc) is 1.63. The lowest BCUT2D eigenvalue weighted by Gasteiger charge is -2.22. The second-order valence-electron chi connectivity index (χ2n) is 42.3. The summed E-state index contributed by atoms with van der Waals surface area (Å²) in [6.45, 7) is 45.8. The number of pyridine rings is 4. The molecule has 14 heterocycles. The highest BCUT2D eigenvalue weighted by molar-refractivity contribution is 7.18. The Bertz CT molecular complexity index is 5400. The standard InChI is InChI=1S/3C25H35N5O3S.C24H32FN5O3S/c1-15-12-18(28-24(3,4)5)26-13-17(15)20-19(22(31)30-10-7-8-16(30)2)27-21(34-20)23(32)29-11-9-25(6,33)14-29;2*1-14-11-19(29-25(3,4)5)26-13-18(14)21-20(24(33)30-10-6-7-15(30)2)28-23(34-21)22(32)27-16-8-9-17(31)12-16;1-13-9-18(28-24(3,4)5)26-10-15(13)20-19(22(32)30-8-6-7-14(30)2)27-21(34-20)23(33)29-11-16(25)17(31)12-29/h12-13,16,33H,7-11,14H2,1-6H3,(H,26,28);2*11,13,15-17,31H,6-10,12H2,1-5H3,(H,26,29)(H,27,32);9-10,14,16-17,31H,6-8,11-12H2,1-5H3,(H,26,28)/t16-,25+;15-,16-,17+;15-,16-,17-;14-,16+,17+/m0000/s1. The van der Waals surface area contributed by atoms with Crippen molar-refractivity contribution in [1.29, 1.82) is 0 Å². The molecular formula is C99H137FN20O12S4. The molecule has 0 radical (unpaired) electrons. The van der Waals surface area contributed by atoms with Crippen molar-refractivity contribution in [3.63, 3.8) is 0 Å². The molecule has 8 aromatic rings. The van der Waals surface area contributed by atoms with E-state index in [1.807, 2.05) is 94.4 Å². The van der Waals surface area contributed by atoms with Crippen LogP contribution in [0.15, 0.2) is 49.1 Å². The third-order valence-electron chi connectivity index (χ3n) is 25.5. The first kappa shape index (κ1) is 103. The van der Waals surface area contributed by atoms with Crippen molar-refractivity contribution in [2.24, 2.45) is 0 Å². The van der Waals surface area contributed by atoms with Gasteiger partial charge in [-0.05, 0) is 288 Å². The number of aliphatic hydroxyl groups is 4. The molecule has 8 aliphatic rings. The Hall–Kier alpha value is -10.2. The fraction of sp³-hybridized carbons (Fsp3) is 0.596. The van der Waals surface area contributed by atoms with Gasteiger partial charge in [0, 0.05) is 145 Å². The summed E-state index contributed by atoms with van der Waals surface area (Å²) < 4.78 is 13.8. The highest BCUT2D eigenvalue weighted by Crippen LogP contribution is 2.43. The molecular weight excluding hydrogens is 1810 g/mol. The molecule has 0 aromatic carbocycles. The van der Waals surface area contributed by atoms with E-state index in [1.165, 1.54) is 38.9 Å². The van der Waals surface area contributed by atoms with E-state index < -0.39 is 23.8 Å². The van der Waals surface area contributed by atoms with Crippen LogP contribution in [0.2, 0.25) is 0 Å². The van der Waals surface area contributed by atoms with Crippen LogP contribution in [0.5, 0.6) is 0 Å². The number of β-amino-alcohol motifs (C(OH)–C–C–N with tert-alkyl or cyclic N) is 2. The average molecular weight is 1950 g/mol. The fourth-order valence-electron chi connectivity index (χ4n) is 18.4. The topological polar surface area (TPSA) is 412 Å². The van der Waals surface area contributed by atoms with E-state index in [0.717, 1.165) is 143 Å². The summed E-state index contributed by atoms with van der Waals surface area (Å²) >= 11 is 4.82. The molecule has 16 rings (SSSR count). The van der Waals surface area contributed by atoms with Crippen LogP contribution in [-0.2, 0) is 0 Å². The fourth-order valence-corrected chi connectivity index (χ4v) is 22.7. The first-order valence-electron chi connectivity index (χ1n) is 47.7. The lowest BCUT2D eigenvalue weighted by molar-refractivity contribution is 0.0571. The first-order valence-corrected chi connectivity index (χ1v) is 51.0. The molecule has 736 valence electrons. The summed E-state index contributed by atoms with van der Waals surface area (Å²) in [5.74, 6) is 1.07. The number of halogens is 1. The normalized spacial score (nSPS) is 22.9. The van der Waals surface area contributed by atoms with Crippen LogP contribution in [0.1, 0.15) is 317 Å². The third kappa shape index (κ3) is 25.5. The lowest BCUT2D eigenvalue weighted by atomic mass is 10.1. The zero-order chi connectivity index (χ0) is 98.9. The van der Waals surface area contributed by atoms with E-state index in [0.29, 0.717) is 101 Å². The second-order valence-corrected chi connectivity index (χ2v) is 46.3. The molecule has 11 atom stereocenters. The van der Waals surface area contributed by atoms with Crippen molar-refractivity contribution in [3.8, 4) is 41.8 Å². The number of hydrogen-bond donors (Lipinski definition) is 10. The van der Waals surface area contributed by atoms with Crippen LogP contribution in [0.3, 0.4) is 0 Å². The Morgan fingerprint density at radius 3 is 0.904 bits per heavy atom. The van der Waals surface area contributed by atoms with Crippen molar-refractivity contribution >= 4 is 116 Å². The van der Waals surface area contributed by atoms with Gasteiger partial charge in [-0.15, -0.1) is 45.3 Å². The highest BCUT2D eigenvalue weighted by atomic mass is 32.1. The molecule has 8 fully saturated rings. The van der Waals surface area contributed by atoms with Gasteiger partial charge in [0.1, 0.15) is 58.3 Å². The zero-order valence-corrected chi connectivity index (χ0v) is 85.7. The Balaban J connectivity index is 0.000000153. The van der Waals surface area contributed by atoms with Crippen molar-refractivity contribution < 1.29 is 63.2 Å². The van der Waals surface area contributed by atoms with Crippen molar-refractivity contribution in [1.82, 2.24) is 79.9 Å². The van der Waals surface area contributed by atoms with Gasteiger partial charge in [0.2, 0.25) is 0 Å². The maximum Gasteiger partial charge on any atom is 0.283 e. The lowest BCUT2D eigenvalue weighted by Crippen LogP contribution is -2.35. The molecule has 10 N–H and O–H groups in total. The van der Waals surface area contributed by atoms with E-state index in [4.69, 9.17) is 0 Å². The number of likely N-dealkylation sites (tertiary alicyclic amines) is 6. The van der Waals surface area contributed by atoms with E-state index in [1.54, 1.807) is 41.5 Å². The third-order valence-corrected chi connectivity index (χ3v) is 29.8. The molecule has 6 saturated heterocycles. The van der Waals surface area contributed by atoms with Gasteiger partial charge in [-0.3, -0.25) is 38.4 Å². The predicted octanol–water partition coefficient (Wildman–Crippen LogP) is 15.4. The number of aromatic nitrogens is 8. The zero-order valence-electron chi connectivity index (χ0n) is 82.5. The molecule has 2 saturated carbocycles. The minimum atomic E-state index is -1.48. The van der Waals surface area contributed by atoms with Crippen molar-refractivity contribution in [2.45, 2.75) is 330 Å². The quantitative estimate of drug-likeness (QED) is 0.0381. The number of amides is 8. The van der Waals surface area contributed by atoms with Gasteiger partial charge in [-0.1, -0.05) is 0 Å². The van der Waals surface area contributed by atoms with Crippen LogP contribution in [0.4, 0.5) is 27.7 Å². The van der Waals surface area contributed by atoms with E-state index in [2.05, 4.69) is 155 Å². The predicted molar refractivity (Wildman–Crippen MR) is 533 cm³/mol. The van der Waals surface area contributed by atoms with Gasteiger partial charge >= 0.3 is 0 Å². The Morgan fingerprint density at radius 1 is 0.397 bits per heavy atom. The number of carbonyl (C=O) groups excluding carboxylic acids is 8. The minimum absolute atomic E-state index is 0.0706. The van der Waals surface area contributed by atoms with Crippen LogP contribution in [0, 0.1) is 27.7 Å². The summed E-state index contributed by atoms with van der Waals surface area (Å²) in [6, 6.07) is 8.21. The Morgan fingerprint density at radius 2 is 0.676 bits per heavy atom.